The Morgan fingerprint density at radius 2 is 2.07 bits per heavy atom. The van der Waals surface area contributed by atoms with E-state index in [-0.39, 0.29) is 0 Å². The minimum atomic E-state index is -4.39. The van der Waals surface area contributed by atoms with Gasteiger partial charge in [0.05, 0.1) is 6.10 Å². The number of aliphatic hydroxyl groups excluding tert-OH is 1. The summed E-state index contributed by atoms with van der Waals surface area (Å²) in [5, 5.41) is 9.00. The summed E-state index contributed by atoms with van der Waals surface area (Å²) >= 11 is 0. The van der Waals surface area contributed by atoms with Crippen molar-refractivity contribution in [1.29, 1.82) is 0 Å². The summed E-state index contributed by atoms with van der Waals surface area (Å²) in [6, 6.07) is 2.34. The van der Waals surface area contributed by atoms with Crippen LogP contribution in [0.3, 0.4) is 0 Å². The molecule has 1 aromatic heterocycles. The second kappa shape index (κ2) is 4.61. The van der Waals surface area contributed by atoms with Crippen LogP contribution < -0.4 is 0 Å². The molecule has 1 aromatic rings. The predicted octanol–water partition coefficient (Wildman–Crippen LogP) is 2.41. The van der Waals surface area contributed by atoms with Gasteiger partial charge in [-0.25, -0.2) is 0 Å². The van der Waals surface area contributed by atoms with Crippen LogP contribution in [0.15, 0.2) is 18.3 Å². The van der Waals surface area contributed by atoms with E-state index < -0.39 is 18.0 Å². The molecule has 84 valence electrons. The molecule has 0 saturated carbocycles. The Morgan fingerprint density at radius 1 is 1.40 bits per heavy atom. The van der Waals surface area contributed by atoms with Gasteiger partial charge in [0.25, 0.3) is 0 Å². The third-order valence-corrected chi connectivity index (χ3v) is 1.97. The fourth-order valence-electron chi connectivity index (χ4n) is 1.12. The van der Waals surface area contributed by atoms with E-state index in [1.54, 1.807) is 6.92 Å². The first-order valence-electron chi connectivity index (χ1n) is 4.60. The standard InChI is InChI=1S/C10H12F3NO/c1-7(15)2-3-8-4-5-9(14-6-8)10(11,12)13/h4-7,15H,2-3H2,1H3/t7-/m1/s1. The molecule has 0 amide bonds. The van der Waals surface area contributed by atoms with Gasteiger partial charge in [-0.2, -0.15) is 13.2 Å². The molecule has 1 rings (SSSR count). The Bertz CT molecular complexity index is 305. The Balaban J connectivity index is 2.65. The summed E-state index contributed by atoms with van der Waals surface area (Å²) < 4.78 is 36.4. The number of hydrogen-bond acceptors (Lipinski definition) is 2. The molecule has 0 aliphatic rings. The molecule has 0 aromatic carbocycles. The van der Waals surface area contributed by atoms with Crippen LogP contribution in [0.5, 0.6) is 0 Å². The smallest absolute Gasteiger partial charge is 0.393 e. The molecular weight excluding hydrogens is 207 g/mol. The van der Waals surface area contributed by atoms with Crippen LogP contribution in [0.1, 0.15) is 24.6 Å². The van der Waals surface area contributed by atoms with Crippen LogP contribution in [0.4, 0.5) is 13.2 Å². The third-order valence-electron chi connectivity index (χ3n) is 1.97. The fourth-order valence-corrected chi connectivity index (χ4v) is 1.12. The molecule has 1 atom stereocenters. The van der Waals surface area contributed by atoms with Crippen LogP contribution in [-0.2, 0) is 12.6 Å². The van der Waals surface area contributed by atoms with Gasteiger partial charge in [-0.15, -0.1) is 0 Å². The molecule has 5 heteroatoms. The highest BCUT2D eigenvalue weighted by atomic mass is 19.4. The highest BCUT2D eigenvalue weighted by Crippen LogP contribution is 2.27. The lowest BCUT2D eigenvalue weighted by Crippen LogP contribution is -2.08. The summed E-state index contributed by atoms with van der Waals surface area (Å²) in [4.78, 5) is 3.32. The van der Waals surface area contributed by atoms with Crippen molar-refractivity contribution in [3.05, 3.63) is 29.6 Å². The summed E-state index contributed by atoms with van der Waals surface area (Å²) in [5.74, 6) is 0. The van der Waals surface area contributed by atoms with Gasteiger partial charge < -0.3 is 5.11 Å². The first-order valence-corrected chi connectivity index (χ1v) is 4.60. The van der Waals surface area contributed by atoms with E-state index in [0.29, 0.717) is 18.4 Å². The number of rotatable bonds is 3. The number of halogens is 3. The van der Waals surface area contributed by atoms with Gasteiger partial charge in [0.2, 0.25) is 0 Å². The number of aryl methyl sites for hydroxylation is 1. The monoisotopic (exact) mass is 219 g/mol. The molecule has 0 unspecified atom stereocenters. The van der Waals surface area contributed by atoms with E-state index in [1.807, 2.05) is 0 Å². The van der Waals surface area contributed by atoms with Crippen LogP contribution in [-0.4, -0.2) is 16.2 Å². The lowest BCUT2D eigenvalue weighted by atomic mass is 10.1. The van der Waals surface area contributed by atoms with Gasteiger partial charge in [-0.1, -0.05) is 6.07 Å². The number of hydrogen-bond donors (Lipinski definition) is 1. The maximum absolute atomic E-state index is 12.1. The van der Waals surface area contributed by atoms with Crippen molar-refractivity contribution in [3.63, 3.8) is 0 Å². The van der Waals surface area contributed by atoms with Gasteiger partial charge in [-0.3, -0.25) is 4.98 Å². The van der Waals surface area contributed by atoms with Crippen molar-refractivity contribution in [2.45, 2.75) is 32.0 Å². The molecule has 2 nitrogen and oxygen atoms in total. The second-order valence-electron chi connectivity index (χ2n) is 3.44. The first-order chi connectivity index (χ1) is 6.89. The first kappa shape index (κ1) is 12.0. The van der Waals surface area contributed by atoms with Gasteiger partial charge in [-0.05, 0) is 31.4 Å². The SMILES string of the molecule is C[C@@H](O)CCc1ccc(C(F)(F)F)nc1. The van der Waals surface area contributed by atoms with E-state index in [0.717, 1.165) is 6.07 Å². The topological polar surface area (TPSA) is 33.1 Å². The number of pyridine rings is 1. The zero-order valence-corrected chi connectivity index (χ0v) is 8.25. The molecular formula is C10H12F3NO. The Labute approximate surface area is 85.8 Å². The molecule has 1 heterocycles. The average Bonchev–Trinajstić information content (AvgIpc) is 2.14. The van der Waals surface area contributed by atoms with Crippen LogP contribution in [0.25, 0.3) is 0 Å². The summed E-state index contributed by atoms with van der Waals surface area (Å²) in [6.45, 7) is 1.64. The minimum absolute atomic E-state index is 0.452. The average molecular weight is 219 g/mol. The number of aromatic nitrogens is 1. The molecule has 0 bridgehead atoms. The largest absolute Gasteiger partial charge is 0.433 e. The highest BCUT2D eigenvalue weighted by Gasteiger charge is 2.31. The predicted molar refractivity (Wildman–Crippen MR) is 49.2 cm³/mol. The molecule has 0 fully saturated rings. The Hall–Kier alpha value is -1.10. The molecule has 1 N–H and O–H groups in total. The zero-order chi connectivity index (χ0) is 11.5. The van der Waals surface area contributed by atoms with Crippen LogP contribution in [0, 0.1) is 0 Å². The second-order valence-corrected chi connectivity index (χ2v) is 3.44. The van der Waals surface area contributed by atoms with E-state index in [1.165, 1.54) is 12.3 Å². The molecule has 0 radical (unpaired) electrons. The highest BCUT2D eigenvalue weighted by molar-refractivity contribution is 5.16. The van der Waals surface area contributed by atoms with Crippen molar-refractivity contribution in [1.82, 2.24) is 4.98 Å². The van der Waals surface area contributed by atoms with Gasteiger partial charge in [0, 0.05) is 6.20 Å². The van der Waals surface area contributed by atoms with Crippen molar-refractivity contribution in [2.75, 3.05) is 0 Å². The molecule has 0 saturated heterocycles. The van der Waals surface area contributed by atoms with Crippen LogP contribution >= 0.6 is 0 Å². The maximum atomic E-state index is 12.1. The number of aliphatic hydroxyl groups is 1. The molecule has 0 aliphatic carbocycles. The maximum Gasteiger partial charge on any atom is 0.433 e. The number of nitrogens with zero attached hydrogens (tertiary/aromatic N) is 1. The third kappa shape index (κ3) is 3.87. The van der Waals surface area contributed by atoms with E-state index >= 15 is 0 Å². The van der Waals surface area contributed by atoms with Crippen molar-refractivity contribution >= 4 is 0 Å². The van der Waals surface area contributed by atoms with E-state index in [2.05, 4.69) is 4.98 Å². The number of alkyl halides is 3. The lowest BCUT2D eigenvalue weighted by molar-refractivity contribution is -0.141. The lowest BCUT2D eigenvalue weighted by Gasteiger charge is -2.07. The molecule has 0 aliphatic heterocycles. The van der Waals surface area contributed by atoms with Gasteiger partial charge in [0.1, 0.15) is 5.69 Å². The van der Waals surface area contributed by atoms with Crippen molar-refractivity contribution in [3.8, 4) is 0 Å². The van der Waals surface area contributed by atoms with Crippen LogP contribution in [0.2, 0.25) is 0 Å². The Morgan fingerprint density at radius 3 is 2.47 bits per heavy atom. The summed E-state index contributed by atoms with van der Waals surface area (Å²) in [6.07, 6.45) is -2.59. The zero-order valence-electron chi connectivity index (χ0n) is 8.25. The van der Waals surface area contributed by atoms with E-state index in [9.17, 15) is 13.2 Å². The summed E-state index contributed by atoms with van der Waals surface area (Å²) in [7, 11) is 0. The Kier molecular flexibility index (Phi) is 3.68. The molecule has 0 spiro atoms. The fraction of sp³-hybridized carbons (Fsp3) is 0.500. The summed E-state index contributed by atoms with van der Waals surface area (Å²) in [5.41, 5.74) is -0.188. The van der Waals surface area contributed by atoms with Gasteiger partial charge in [0.15, 0.2) is 0 Å². The van der Waals surface area contributed by atoms with E-state index in [4.69, 9.17) is 5.11 Å². The van der Waals surface area contributed by atoms with Crippen molar-refractivity contribution in [2.24, 2.45) is 0 Å². The minimum Gasteiger partial charge on any atom is -0.393 e. The molecule has 15 heavy (non-hydrogen) atoms. The van der Waals surface area contributed by atoms with Crippen molar-refractivity contribution < 1.29 is 18.3 Å². The quantitative estimate of drug-likeness (QED) is 0.846. The normalized spacial score (nSPS) is 13.9. The van der Waals surface area contributed by atoms with Gasteiger partial charge >= 0.3 is 6.18 Å².